The zero-order chi connectivity index (χ0) is 20.9. The average Bonchev–Trinajstić information content (AvgIpc) is 3.34. The molecule has 5 rings (SSSR count). The summed E-state index contributed by atoms with van der Waals surface area (Å²) >= 11 is 0. The van der Waals surface area contributed by atoms with Gasteiger partial charge < -0.3 is 9.47 Å². The molecule has 0 aromatic carbocycles. The highest BCUT2D eigenvalue weighted by molar-refractivity contribution is 5.91. The molecule has 2 saturated heterocycles. The van der Waals surface area contributed by atoms with Crippen LogP contribution in [0.4, 0.5) is 19.1 Å². The molecule has 1 aliphatic carbocycles. The maximum atomic E-state index is 13.1. The molecule has 1 amide bonds. The number of nitrogens with zero attached hydrogens (tertiary/aromatic N) is 3. The highest BCUT2D eigenvalue weighted by Crippen LogP contribution is 2.38. The number of fused-ring (bicyclic) bond motifs is 3. The number of alkyl halides is 3. The summed E-state index contributed by atoms with van der Waals surface area (Å²) in [6, 6.07) is 2.20. The molecule has 7 nitrogen and oxygen atoms in total. The number of hydrogen-bond donors (Lipinski definition) is 1. The number of amides is 1. The summed E-state index contributed by atoms with van der Waals surface area (Å²) in [4.78, 5) is 20.6. The number of nitrogens with one attached hydrogen (secondary N) is 1. The Labute approximate surface area is 170 Å². The van der Waals surface area contributed by atoms with Crippen molar-refractivity contribution in [1.29, 1.82) is 0 Å². The Bertz CT molecular complexity index is 957. The van der Waals surface area contributed by atoms with Gasteiger partial charge in [-0.15, -0.1) is 0 Å². The summed E-state index contributed by atoms with van der Waals surface area (Å²) in [5.41, 5.74) is -0.476. The maximum Gasteiger partial charge on any atom is 0.433 e. The van der Waals surface area contributed by atoms with Crippen molar-refractivity contribution in [2.45, 2.75) is 75.5 Å². The van der Waals surface area contributed by atoms with E-state index in [0.717, 1.165) is 44.6 Å². The van der Waals surface area contributed by atoms with Crippen molar-refractivity contribution in [2.24, 2.45) is 0 Å². The van der Waals surface area contributed by atoms with E-state index in [4.69, 9.17) is 9.47 Å². The van der Waals surface area contributed by atoms with E-state index in [1.54, 1.807) is 4.57 Å². The lowest BCUT2D eigenvalue weighted by Crippen LogP contribution is -2.27. The standard InChI is InChI=1S/C20H23F3N4O3/c21-20(22,23)16-7-5-13-18(25-16)27(11-2-1-3-11)19(24-13)26-17(28)8-9-29-15-10-12-4-6-14(15)30-12/h5,7,11-12,14-15H,1-4,6,8-10H2,(H,24,26,28)/t12-,14+,15+/m0/s1. The molecule has 1 N–H and O–H groups in total. The van der Waals surface area contributed by atoms with Crippen LogP contribution in [-0.4, -0.2) is 45.4 Å². The van der Waals surface area contributed by atoms with Crippen LogP contribution in [0.3, 0.4) is 0 Å². The number of pyridine rings is 1. The first-order chi connectivity index (χ1) is 14.4. The minimum Gasteiger partial charge on any atom is -0.375 e. The van der Waals surface area contributed by atoms with Crippen LogP contribution < -0.4 is 5.32 Å². The number of carbonyl (C=O) groups is 1. The second-order valence-corrected chi connectivity index (χ2v) is 8.24. The number of carbonyl (C=O) groups excluding carboxylic acids is 1. The Balaban J connectivity index is 1.29. The lowest BCUT2D eigenvalue weighted by atomic mass is 9.93. The number of hydrogen-bond acceptors (Lipinski definition) is 5. The third kappa shape index (κ3) is 3.66. The van der Waals surface area contributed by atoms with E-state index in [9.17, 15) is 18.0 Å². The van der Waals surface area contributed by atoms with Gasteiger partial charge in [-0.2, -0.15) is 13.2 Å². The third-order valence-corrected chi connectivity index (χ3v) is 6.23. The number of imidazole rings is 1. The normalized spacial score (nSPS) is 26.3. The molecular weight excluding hydrogens is 401 g/mol. The van der Waals surface area contributed by atoms with Gasteiger partial charge in [0.15, 0.2) is 5.65 Å². The van der Waals surface area contributed by atoms with Gasteiger partial charge in [-0.1, -0.05) is 0 Å². The fourth-order valence-corrected chi connectivity index (χ4v) is 4.47. The van der Waals surface area contributed by atoms with Gasteiger partial charge in [0.2, 0.25) is 11.9 Å². The van der Waals surface area contributed by atoms with Crippen molar-refractivity contribution >= 4 is 23.0 Å². The lowest BCUT2D eigenvalue weighted by Gasteiger charge is -2.28. The second kappa shape index (κ2) is 7.49. The summed E-state index contributed by atoms with van der Waals surface area (Å²) < 4.78 is 52.5. The first-order valence-corrected chi connectivity index (χ1v) is 10.4. The van der Waals surface area contributed by atoms with Crippen LogP contribution in [0.2, 0.25) is 0 Å². The predicted octanol–water partition coefficient (Wildman–Crippen LogP) is 3.84. The molecule has 162 valence electrons. The van der Waals surface area contributed by atoms with Gasteiger partial charge in [0.25, 0.3) is 0 Å². The molecule has 2 aromatic heterocycles. The smallest absolute Gasteiger partial charge is 0.375 e. The molecule has 0 spiro atoms. The van der Waals surface area contributed by atoms with Crippen LogP contribution in [0.1, 0.15) is 56.7 Å². The van der Waals surface area contributed by atoms with Crippen LogP contribution >= 0.6 is 0 Å². The molecule has 0 radical (unpaired) electrons. The van der Waals surface area contributed by atoms with Crippen molar-refractivity contribution in [3.8, 4) is 0 Å². The SMILES string of the molecule is O=C(CCO[C@@H]1C[C@@H]2CC[C@H]1O2)Nc1nc2ccc(C(F)(F)F)nc2n1C1CCC1. The molecule has 0 unspecified atom stereocenters. The van der Waals surface area contributed by atoms with E-state index in [0.29, 0.717) is 5.52 Å². The molecule has 30 heavy (non-hydrogen) atoms. The average molecular weight is 424 g/mol. The molecule has 10 heteroatoms. The number of aromatic nitrogens is 3. The zero-order valence-corrected chi connectivity index (χ0v) is 16.3. The molecule has 2 aliphatic heterocycles. The van der Waals surface area contributed by atoms with Crippen molar-refractivity contribution in [3.63, 3.8) is 0 Å². The van der Waals surface area contributed by atoms with E-state index >= 15 is 0 Å². The topological polar surface area (TPSA) is 78.3 Å². The Kier molecular flexibility index (Phi) is 4.93. The van der Waals surface area contributed by atoms with Crippen LogP contribution in [0.15, 0.2) is 12.1 Å². The van der Waals surface area contributed by atoms with E-state index in [1.165, 1.54) is 6.07 Å². The quantitative estimate of drug-likeness (QED) is 0.762. The largest absolute Gasteiger partial charge is 0.433 e. The molecule has 1 saturated carbocycles. The van der Waals surface area contributed by atoms with Crippen LogP contribution in [-0.2, 0) is 20.4 Å². The minimum atomic E-state index is -4.53. The lowest BCUT2D eigenvalue weighted by molar-refractivity contribution is -0.141. The fraction of sp³-hybridized carbons (Fsp3) is 0.650. The Morgan fingerprint density at radius 2 is 2.07 bits per heavy atom. The number of halogens is 3. The van der Waals surface area contributed by atoms with Crippen molar-refractivity contribution in [1.82, 2.24) is 14.5 Å². The van der Waals surface area contributed by atoms with E-state index in [-0.39, 0.29) is 54.9 Å². The summed E-state index contributed by atoms with van der Waals surface area (Å²) in [6.45, 7) is 0.267. The zero-order valence-electron chi connectivity index (χ0n) is 16.3. The van der Waals surface area contributed by atoms with Gasteiger partial charge in [0, 0.05) is 12.5 Å². The third-order valence-electron chi connectivity index (χ3n) is 6.23. The maximum absolute atomic E-state index is 13.1. The molecule has 2 bridgehead atoms. The molecule has 4 heterocycles. The second-order valence-electron chi connectivity index (χ2n) is 8.24. The Morgan fingerprint density at radius 3 is 2.70 bits per heavy atom. The van der Waals surface area contributed by atoms with E-state index < -0.39 is 11.9 Å². The summed E-state index contributed by atoms with van der Waals surface area (Å²) in [7, 11) is 0. The monoisotopic (exact) mass is 424 g/mol. The van der Waals surface area contributed by atoms with Gasteiger partial charge in [-0.25, -0.2) is 9.97 Å². The van der Waals surface area contributed by atoms with Crippen LogP contribution in [0, 0.1) is 0 Å². The Hall–Kier alpha value is -2.20. The van der Waals surface area contributed by atoms with Crippen LogP contribution in [0.25, 0.3) is 11.2 Å². The number of ether oxygens (including phenoxy) is 2. The summed E-state index contributed by atoms with van der Waals surface area (Å²) in [6.07, 6.45) is 1.63. The number of anilines is 1. The Morgan fingerprint density at radius 1 is 1.23 bits per heavy atom. The van der Waals surface area contributed by atoms with Crippen molar-refractivity contribution in [2.75, 3.05) is 11.9 Å². The van der Waals surface area contributed by atoms with Crippen molar-refractivity contribution in [3.05, 3.63) is 17.8 Å². The minimum absolute atomic E-state index is 0.0104. The summed E-state index contributed by atoms with van der Waals surface area (Å²) in [5, 5.41) is 2.75. The fourth-order valence-electron chi connectivity index (χ4n) is 4.47. The van der Waals surface area contributed by atoms with Gasteiger partial charge in [-0.3, -0.25) is 14.7 Å². The predicted molar refractivity (Wildman–Crippen MR) is 101 cm³/mol. The van der Waals surface area contributed by atoms with Crippen LogP contribution in [0.5, 0.6) is 0 Å². The first-order valence-electron chi connectivity index (χ1n) is 10.4. The molecule has 2 aromatic rings. The number of rotatable bonds is 6. The van der Waals surface area contributed by atoms with Gasteiger partial charge >= 0.3 is 6.18 Å². The van der Waals surface area contributed by atoms with Gasteiger partial charge in [0.1, 0.15) is 11.2 Å². The highest BCUT2D eigenvalue weighted by atomic mass is 19.4. The molecular formula is C20H23F3N4O3. The molecule has 3 atom stereocenters. The van der Waals surface area contributed by atoms with Crippen molar-refractivity contribution < 1.29 is 27.4 Å². The molecule has 3 fully saturated rings. The van der Waals surface area contributed by atoms with E-state index in [2.05, 4.69) is 15.3 Å². The summed E-state index contributed by atoms with van der Waals surface area (Å²) in [5.74, 6) is -0.0409. The van der Waals surface area contributed by atoms with Gasteiger partial charge in [-0.05, 0) is 44.2 Å². The highest BCUT2D eigenvalue weighted by Gasteiger charge is 2.41. The van der Waals surface area contributed by atoms with E-state index in [1.807, 2.05) is 0 Å². The molecule has 3 aliphatic rings. The first kappa shape index (κ1) is 19.7. The van der Waals surface area contributed by atoms with Gasteiger partial charge in [0.05, 0.1) is 31.3 Å².